The fraction of sp³-hybridized carbons (Fsp3) is 0.278. The predicted octanol–water partition coefficient (Wildman–Crippen LogP) is 4.51. The first-order valence-electron chi connectivity index (χ1n) is 7.68. The molecule has 3 nitrogen and oxygen atoms in total. The van der Waals surface area contributed by atoms with Crippen molar-refractivity contribution in [1.29, 1.82) is 0 Å². The summed E-state index contributed by atoms with van der Waals surface area (Å²) < 4.78 is 39.5. The summed E-state index contributed by atoms with van der Waals surface area (Å²) >= 11 is 0. The SMILES string of the molecule is Cl.Nc1ccc(C(=O)N(Cc2ccccc2C(F)(F)F)C2CC2)cc1. The number of nitrogen functional groups attached to an aromatic ring is 1. The first-order valence-corrected chi connectivity index (χ1v) is 7.68. The standard InChI is InChI=1S/C18H17F3N2O.ClH/c19-18(20,21)16-4-2-1-3-13(16)11-23(15-9-10-15)17(24)12-5-7-14(22)8-6-12;/h1-8,15H,9-11,22H2;1H. The van der Waals surface area contributed by atoms with E-state index in [4.69, 9.17) is 5.73 Å². The van der Waals surface area contributed by atoms with E-state index in [2.05, 4.69) is 0 Å². The van der Waals surface area contributed by atoms with Crippen LogP contribution < -0.4 is 5.73 Å². The number of halogens is 4. The zero-order chi connectivity index (χ0) is 17.3. The number of anilines is 1. The van der Waals surface area contributed by atoms with E-state index in [9.17, 15) is 18.0 Å². The van der Waals surface area contributed by atoms with Crippen molar-refractivity contribution in [2.45, 2.75) is 31.6 Å². The van der Waals surface area contributed by atoms with Gasteiger partial charge in [0, 0.05) is 23.8 Å². The molecule has 1 aliphatic carbocycles. The number of nitrogens with zero attached hydrogens (tertiary/aromatic N) is 1. The first-order chi connectivity index (χ1) is 11.4. The van der Waals surface area contributed by atoms with Gasteiger partial charge in [0.2, 0.25) is 0 Å². The van der Waals surface area contributed by atoms with E-state index < -0.39 is 11.7 Å². The maximum atomic E-state index is 13.2. The lowest BCUT2D eigenvalue weighted by Gasteiger charge is -2.24. The van der Waals surface area contributed by atoms with Crippen molar-refractivity contribution in [2.75, 3.05) is 5.73 Å². The summed E-state index contributed by atoms with van der Waals surface area (Å²) in [4.78, 5) is 14.2. The molecule has 0 bridgehead atoms. The van der Waals surface area contributed by atoms with E-state index in [-0.39, 0.29) is 36.5 Å². The molecule has 0 aromatic heterocycles. The van der Waals surface area contributed by atoms with Crippen molar-refractivity contribution in [2.24, 2.45) is 0 Å². The molecule has 3 rings (SSSR count). The summed E-state index contributed by atoms with van der Waals surface area (Å²) in [6.07, 6.45) is -2.81. The van der Waals surface area contributed by atoms with Crippen LogP contribution in [0.1, 0.15) is 34.3 Å². The van der Waals surface area contributed by atoms with Gasteiger partial charge >= 0.3 is 6.18 Å². The lowest BCUT2D eigenvalue weighted by molar-refractivity contribution is -0.138. The van der Waals surface area contributed by atoms with Gasteiger partial charge in [-0.15, -0.1) is 12.4 Å². The Labute approximate surface area is 150 Å². The van der Waals surface area contributed by atoms with Crippen LogP contribution in [0.25, 0.3) is 0 Å². The third kappa shape index (κ3) is 4.45. The van der Waals surface area contributed by atoms with E-state index in [1.54, 1.807) is 30.3 Å². The predicted molar refractivity (Wildman–Crippen MR) is 92.4 cm³/mol. The monoisotopic (exact) mass is 370 g/mol. The Hall–Kier alpha value is -2.21. The molecule has 1 fully saturated rings. The van der Waals surface area contributed by atoms with Gasteiger partial charge in [0.1, 0.15) is 0 Å². The summed E-state index contributed by atoms with van der Waals surface area (Å²) in [5.41, 5.74) is 6.00. The molecule has 1 amide bonds. The normalized spacial score (nSPS) is 13.9. The Morgan fingerprint density at radius 2 is 1.68 bits per heavy atom. The number of carbonyl (C=O) groups is 1. The van der Waals surface area contributed by atoms with Crippen LogP contribution in [-0.4, -0.2) is 16.8 Å². The average molecular weight is 371 g/mol. The van der Waals surface area contributed by atoms with Gasteiger partial charge in [-0.05, 0) is 48.7 Å². The van der Waals surface area contributed by atoms with E-state index in [1.807, 2.05) is 0 Å². The van der Waals surface area contributed by atoms with Crippen molar-refractivity contribution in [1.82, 2.24) is 4.90 Å². The number of rotatable bonds is 4. The molecular formula is C18H18ClF3N2O. The maximum Gasteiger partial charge on any atom is 0.416 e. The van der Waals surface area contributed by atoms with Crippen molar-refractivity contribution in [3.05, 3.63) is 65.2 Å². The minimum Gasteiger partial charge on any atom is -0.399 e. The van der Waals surface area contributed by atoms with Crippen molar-refractivity contribution in [3.63, 3.8) is 0 Å². The molecule has 0 unspecified atom stereocenters. The zero-order valence-corrected chi connectivity index (χ0v) is 14.1. The molecule has 25 heavy (non-hydrogen) atoms. The number of carbonyl (C=O) groups excluding carboxylic acids is 1. The van der Waals surface area contributed by atoms with Crippen LogP contribution in [0.15, 0.2) is 48.5 Å². The number of hydrogen-bond donors (Lipinski definition) is 1. The second-order valence-corrected chi connectivity index (χ2v) is 5.94. The molecule has 0 spiro atoms. The summed E-state index contributed by atoms with van der Waals surface area (Å²) in [5.74, 6) is -0.269. The number of benzene rings is 2. The molecule has 1 aliphatic rings. The van der Waals surface area contributed by atoms with Crippen LogP contribution in [0.4, 0.5) is 18.9 Å². The summed E-state index contributed by atoms with van der Waals surface area (Å²) in [7, 11) is 0. The number of nitrogens with two attached hydrogens (primary N) is 1. The third-order valence-electron chi connectivity index (χ3n) is 4.07. The van der Waals surface area contributed by atoms with Crippen molar-refractivity contribution < 1.29 is 18.0 Å². The van der Waals surface area contributed by atoms with Crippen LogP contribution in [-0.2, 0) is 12.7 Å². The lowest BCUT2D eigenvalue weighted by Crippen LogP contribution is -2.33. The lowest BCUT2D eigenvalue weighted by atomic mass is 10.1. The highest BCUT2D eigenvalue weighted by atomic mass is 35.5. The van der Waals surface area contributed by atoms with Gasteiger partial charge in [-0.3, -0.25) is 4.79 Å². The third-order valence-corrected chi connectivity index (χ3v) is 4.07. The Morgan fingerprint density at radius 3 is 2.24 bits per heavy atom. The smallest absolute Gasteiger partial charge is 0.399 e. The molecule has 2 N–H and O–H groups in total. The molecule has 0 atom stereocenters. The average Bonchev–Trinajstić information content (AvgIpc) is 3.37. The van der Waals surface area contributed by atoms with E-state index in [0.29, 0.717) is 11.3 Å². The molecule has 1 saturated carbocycles. The van der Waals surface area contributed by atoms with Gasteiger partial charge in [0.25, 0.3) is 5.91 Å². The van der Waals surface area contributed by atoms with E-state index in [0.717, 1.165) is 18.9 Å². The molecule has 0 heterocycles. The molecule has 0 radical (unpaired) electrons. The van der Waals surface area contributed by atoms with Crippen molar-refractivity contribution >= 4 is 24.0 Å². The number of amides is 1. The van der Waals surface area contributed by atoms with Crippen LogP contribution in [0.2, 0.25) is 0 Å². The minimum atomic E-state index is -4.43. The minimum absolute atomic E-state index is 0. The zero-order valence-electron chi connectivity index (χ0n) is 13.3. The second-order valence-electron chi connectivity index (χ2n) is 5.94. The topological polar surface area (TPSA) is 46.3 Å². The summed E-state index contributed by atoms with van der Waals surface area (Å²) in [6.45, 7) is -0.0520. The van der Waals surface area contributed by atoms with E-state index in [1.165, 1.54) is 17.0 Å². The molecule has 2 aromatic carbocycles. The number of hydrogen-bond acceptors (Lipinski definition) is 2. The molecule has 7 heteroatoms. The fourth-order valence-corrected chi connectivity index (χ4v) is 2.66. The van der Waals surface area contributed by atoms with Crippen LogP contribution in [0, 0.1) is 0 Å². The van der Waals surface area contributed by atoms with Crippen LogP contribution >= 0.6 is 12.4 Å². The second kappa shape index (κ2) is 7.35. The van der Waals surface area contributed by atoms with E-state index >= 15 is 0 Å². The summed E-state index contributed by atoms with van der Waals surface area (Å²) in [6, 6.07) is 11.8. The van der Waals surface area contributed by atoms with Gasteiger partial charge < -0.3 is 10.6 Å². The largest absolute Gasteiger partial charge is 0.416 e. The van der Waals surface area contributed by atoms with Crippen LogP contribution in [0.3, 0.4) is 0 Å². The summed E-state index contributed by atoms with van der Waals surface area (Å²) in [5, 5.41) is 0. The van der Waals surface area contributed by atoms with Gasteiger partial charge in [0.15, 0.2) is 0 Å². The highest BCUT2D eigenvalue weighted by Crippen LogP contribution is 2.35. The molecule has 0 saturated heterocycles. The molecular weight excluding hydrogens is 353 g/mol. The Kier molecular flexibility index (Phi) is 5.62. The molecule has 0 aliphatic heterocycles. The van der Waals surface area contributed by atoms with Gasteiger partial charge in [-0.1, -0.05) is 18.2 Å². The van der Waals surface area contributed by atoms with Gasteiger partial charge in [0.05, 0.1) is 5.56 Å². The Bertz CT molecular complexity index is 743. The highest BCUT2D eigenvalue weighted by molar-refractivity contribution is 5.95. The van der Waals surface area contributed by atoms with Gasteiger partial charge in [-0.25, -0.2) is 0 Å². The van der Waals surface area contributed by atoms with Crippen molar-refractivity contribution in [3.8, 4) is 0 Å². The fourth-order valence-electron chi connectivity index (χ4n) is 2.66. The van der Waals surface area contributed by atoms with Gasteiger partial charge in [-0.2, -0.15) is 13.2 Å². The number of alkyl halides is 3. The Morgan fingerprint density at radius 1 is 1.08 bits per heavy atom. The molecule has 2 aromatic rings. The molecule has 134 valence electrons. The van der Waals surface area contributed by atoms with Crippen LogP contribution in [0.5, 0.6) is 0 Å². The highest BCUT2D eigenvalue weighted by Gasteiger charge is 2.37. The maximum absolute atomic E-state index is 13.2. The quantitative estimate of drug-likeness (QED) is 0.804. The first kappa shape index (κ1) is 19.1. The Balaban J connectivity index is 0.00000225.